The van der Waals surface area contributed by atoms with E-state index in [1.807, 2.05) is 19.1 Å². The van der Waals surface area contributed by atoms with Gasteiger partial charge >= 0.3 is 0 Å². The lowest BCUT2D eigenvalue weighted by atomic mass is 9.93. The smallest absolute Gasteiger partial charge is 0.201 e. The summed E-state index contributed by atoms with van der Waals surface area (Å²) < 4.78 is 56.3. The minimum atomic E-state index is -0.979. The summed E-state index contributed by atoms with van der Waals surface area (Å²) in [5.74, 6) is -1.90. The highest BCUT2D eigenvalue weighted by atomic mass is 19.2. The third-order valence-electron chi connectivity index (χ3n) is 7.70. The zero-order valence-corrected chi connectivity index (χ0v) is 23.7. The number of rotatable bonds is 13. The lowest BCUT2D eigenvalue weighted by molar-refractivity contribution is -0.00538. The van der Waals surface area contributed by atoms with Gasteiger partial charge in [0.05, 0.1) is 19.3 Å². The first kappa shape index (κ1) is 29.9. The predicted octanol–water partition coefficient (Wildman–Crippen LogP) is 10.6. The molecule has 1 aliphatic rings. The maximum absolute atomic E-state index is 15.1. The van der Waals surface area contributed by atoms with Gasteiger partial charge in [-0.05, 0) is 61.1 Å². The molecule has 1 aliphatic heterocycles. The molecule has 3 aromatic rings. The molecule has 0 saturated carbocycles. The van der Waals surface area contributed by atoms with Gasteiger partial charge in [-0.25, -0.2) is 8.78 Å². The van der Waals surface area contributed by atoms with Crippen molar-refractivity contribution in [3.05, 3.63) is 89.8 Å². The van der Waals surface area contributed by atoms with Gasteiger partial charge in [0, 0.05) is 17.0 Å². The molecule has 0 aromatic heterocycles. The number of ether oxygens (including phenoxy) is 2. The number of halogens is 3. The Morgan fingerprint density at radius 2 is 1.48 bits per heavy atom. The van der Waals surface area contributed by atoms with Gasteiger partial charge in [0.2, 0.25) is 5.82 Å². The van der Waals surface area contributed by atoms with Gasteiger partial charge in [-0.1, -0.05) is 94.0 Å². The van der Waals surface area contributed by atoms with E-state index in [-0.39, 0.29) is 23.2 Å². The van der Waals surface area contributed by atoms with Crippen molar-refractivity contribution in [1.29, 1.82) is 0 Å². The Kier molecular flexibility index (Phi) is 11.3. The van der Waals surface area contributed by atoms with Crippen LogP contribution in [0.3, 0.4) is 0 Å². The van der Waals surface area contributed by atoms with E-state index in [4.69, 9.17) is 9.47 Å². The lowest BCUT2D eigenvalue weighted by Gasteiger charge is -2.28. The van der Waals surface area contributed by atoms with Gasteiger partial charge in [0.25, 0.3) is 0 Å². The van der Waals surface area contributed by atoms with Gasteiger partial charge in [0.1, 0.15) is 5.82 Å². The normalized spacial score (nSPS) is 17.4. The maximum Gasteiger partial charge on any atom is 0.201 e. The van der Waals surface area contributed by atoms with Gasteiger partial charge < -0.3 is 9.47 Å². The van der Waals surface area contributed by atoms with Crippen LogP contribution in [-0.2, 0) is 4.74 Å². The molecule has 0 amide bonds. The molecule has 214 valence electrons. The quantitative estimate of drug-likeness (QED) is 0.156. The Morgan fingerprint density at radius 3 is 2.12 bits per heavy atom. The third kappa shape index (κ3) is 7.78. The fourth-order valence-corrected chi connectivity index (χ4v) is 5.36. The third-order valence-corrected chi connectivity index (χ3v) is 7.70. The predicted molar refractivity (Wildman–Crippen MR) is 157 cm³/mol. The summed E-state index contributed by atoms with van der Waals surface area (Å²) >= 11 is 0. The van der Waals surface area contributed by atoms with E-state index in [1.54, 1.807) is 36.4 Å². The van der Waals surface area contributed by atoms with Crippen LogP contribution >= 0.6 is 0 Å². The molecule has 2 unspecified atom stereocenters. The van der Waals surface area contributed by atoms with E-state index in [1.165, 1.54) is 37.8 Å². The molecule has 3 aromatic carbocycles. The van der Waals surface area contributed by atoms with Crippen molar-refractivity contribution in [1.82, 2.24) is 0 Å². The maximum atomic E-state index is 15.1. The summed E-state index contributed by atoms with van der Waals surface area (Å²) in [4.78, 5) is 0. The number of unbranched alkanes of at least 4 members (excludes halogenated alkanes) is 6. The molecule has 0 spiro atoms. The highest BCUT2D eigenvalue weighted by molar-refractivity contribution is 5.71. The molecule has 0 N–H and O–H groups in total. The Morgan fingerprint density at radius 1 is 0.800 bits per heavy atom. The second-order valence-corrected chi connectivity index (χ2v) is 10.7. The number of benzene rings is 3. The van der Waals surface area contributed by atoms with E-state index >= 15 is 4.39 Å². The molecular formula is C35H41F3O2. The van der Waals surface area contributed by atoms with Crippen LogP contribution in [0, 0.1) is 23.4 Å². The first-order chi connectivity index (χ1) is 19.5. The van der Waals surface area contributed by atoms with E-state index < -0.39 is 11.6 Å². The molecule has 2 atom stereocenters. The molecule has 40 heavy (non-hydrogen) atoms. The van der Waals surface area contributed by atoms with Crippen LogP contribution in [0.25, 0.3) is 22.3 Å². The first-order valence-corrected chi connectivity index (χ1v) is 14.8. The fourth-order valence-electron chi connectivity index (χ4n) is 5.36. The number of hydrogen-bond acceptors (Lipinski definition) is 2. The summed E-state index contributed by atoms with van der Waals surface area (Å²) in [5, 5.41) is 0. The van der Waals surface area contributed by atoms with Crippen molar-refractivity contribution in [2.45, 2.75) is 77.7 Å². The fraction of sp³-hybridized carbons (Fsp3) is 0.429. The molecular weight excluding hydrogens is 509 g/mol. The zero-order valence-electron chi connectivity index (χ0n) is 23.7. The molecule has 4 rings (SSSR count). The highest BCUT2D eigenvalue weighted by Crippen LogP contribution is 2.35. The monoisotopic (exact) mass is 550 g/mol. The average Bonchev–Trinajstić information content (AvgIpc) is 2.97. The van der Waals surface area contributed by atoms with E-state index in [9.17, 15) is 8.78 Å². The van der Waals surface area contributed by atoms with E-state index in [0.717, 1.165) is 37.7 Å². The highest BCUT2D eigenvalue weighted by Gasteiger charge is 2.22. The molecule has 2 nitrogen and oxygen atoms in total. The second kappa shape index (κ2) is 15.1. The van der Waals surface area contributed by atoms with Crippen LogP contribution in [0.4, 0.5) is 13.2 Å². The minimum Gasteiger partial charge on any atom is -0.490 e. The zero-order chi connectivity index (χ0) is 28.3. The SMILES string of the molecule is CC=CC1CCC(c2ccc(-c3ccc(-c4ccc(OCCCCCCCCC)c(F)c4F)cc3)c(F)c2)OC1. The van der Waals surface area contributed by atoms with Gasteiger partial charge in [-0.3, -0.25) is 0 Å². The van der Waals surface area contributed by atoms with Crippen LogP contribution in [0.1, 0.15) is 83.3 Å². The molecule has 0 radical (unpaired) electrons. The summed E-state index contributed by atoms with van der Waals surface area (Å²) in [5.41, 5.74) is 2.62. The van der Waals surface area contributed by atoms with E-state index in [0.29, 0.717) is 35.8 Å². The summed E-state index contributed by atoms with van der Waals surface area (Å²) in [6.45, 7) is 5.21. The lowest BCUT2D eigenvalue weighted by Crippen LogP contribution is -2.19. The van der Waals surface area contributed by atoms with Gasteiger partial charge in [0.15, 0.2) is 11.6 Å². The second-order valence-electron chi connectivity index (χ2n) is 10.7. The van der Waals surface area contributed by atoms with Crippen molar-refractivity contribution in [3.63, 3.8) is 0 Å². The van der Waals surface area contributed by atoms with Crippen molar-refractivity contribution in [2.24, 2.45) is 5.92 Å². The Labute approximate surface area is 237 Å². The molecule has 5 heteroatoms. The van der Waals surface area contributed by atoms with E-state index in [2.05, 4.69) is 13.0 Å². The molecule has 1 heterocycles. The molecule has 1 fully saturated rings. The summed E-state index contributed by atoms with van der Waals surface area (Å²) in [7, 11) is 0. The Bertz CT molecular complexity index is 1240. The van der Waals surface area contributed by atoms with Crippen LogP contribution in [0.2, 0.25) is 0 Å². The first-order valence-electron chi connectivity index (χ1n) is 14.8. The summed E-state index contributed by atoms with van der Waals surface area (Å²) in [6, 6.07) is 15.1. The average molecular weight is 551 g/mol. The largest absolute Gasteiger partial charge is 0.490 e. The van der Waals surface area contributed by atoms with Crippen molar-refractivity contribution < 1.29 is 22.6 Å². The van der Waals surface area contributed by atoms with Crippen LogP contribution in [0.5, 0.6) is 5.75 Å². The number of allylic oxidation sites excluding steroid dienone is 1. The van der Waals surface area contributed by atoms with Gasteiger partial charge in [-0.2, -0.15) is 4.39 Å². The van der Waals surface area contributed by atoms with Crippen LogP contribution in [0.15, 0.2) is 66.7 Å². The van der Waals surface area contributed by atoms with Crippen LogP contribution in [-0.4, -0.2) is 13.2 Å². The molecule has 0 bridgehead atoms. The van der Waals surface area contributed by atoms with Crippen molar-refractivity contribution in [3.8, 4) is 28.0 Å². The Balaban J connectivity index is 1.36. The standard InChI is InChI=1S/C35H41F3O2/c1-3-5-6-7-8-9-10-22-39-33-21-19-30(34(37)35(33)38)27-15-13-26(14-16-27)29-18-17-28(23-31(29)36)32-20-12-25(11-4-2)24-40-32/h4,11,13-19,21,23,25,32H,3,5-10,12,20,22,24H2,1-2H3. The summed E-state index contributed by atoms with van der Waals surface area (Å²) in [6.07, 6.45) is 13.9. The molecule has 0 aliphatic carbocycles. The van der Waals surface area contributed by atoms with Crippen LogP contribution < -0.4 is 4.74 Å². The molecule has 1 saturated heterocycles. The number of hydrogen-bond donors (Lipinski definition) is 0. The Hall–Kier alpha value is -3.05. The van der Waals surface area contributed by atoms with Crippen molar-refractivity contribution >= 4 is 0 Å². The minimum absolute atomic E-state index is 0.0645. The topological polar surface area (TPSA) is 18.5 Å². The van der Waals surface area contributed by atoms with Crippen molar-refractivity contribution in [2.75, 3.05) is 13.2 Å². The van der Waals surface area contributed by atoms with Gasteiger partial charge in [-0.15, -0.1) is 0 Å².